The van der Waals surface area contributed by atoms with Crippen LogP contribution in [0.3, 0.4) is 0 Å². The summed E-state index contributed by atoms with van der Waals surface area (Å²) >= 11 is 3.47. The van der Waals surface area contributed by atoms with E-state index in [0.29, 0.717) is 6.54 Å². The largest absolute Gasteiger partial charge is 0.379 e. The molecule has 1 atom stereocenters. The second kappa shape index (κ2) is 9.89. The second-order valence-electron chi connectivity index (χ2n) is 6.18. The zero-order valence-electron chi connectivity index (χ0n) is 15.1. The second-order valence-corrected chi connectivity index (χ2v) is 7.09. The minimum atomic E-state index is 0.270. The molecule has 0 radical (unpaired) electrons. The fourth-order valence-corrected chi connectivity index (χ4v) is 3.12. The van der Waals surface area contributed by atoms with Crippen molar-refractivity contribution in [1.82, 2.24) is 20.0 Å². The molecule has 0 spiro atoms. The summed E-state index contributed by atoms with van der Waals surface area (Å²) in [4.78, 5) is 9.21. The van der Waals surface area contributed by atoms with E-state index in [1.165, 1.54) is 0 Å². The van der Waals surface area contributed by atoms with Crippen molar-refractivity contribution < 1.29 is 9.47 Å². The lowest BCUT2D eigenvalue weighted by atomic mass is 10.3. The molecule has 3 rings (SSSR count). The number of hydrogen-bond acceptors (Lipinski definition) is 4. The van der Waals surface area contributed by atoms with Crippen molar-refractivity contribution in [2.75, 3.05) is 32.9 Å². The van der Waals surface area contributed by atoms with Crippen molar-refractivity contribution in [2.45, 2.75) is 32.4 Å². The quantitative estimate of drug-likeness (QED) is 0.387. The topological polar surface area (TPSA) is 72.2 Å². The van der Waals surface area contributed by atoms with Gasteiger partial charge in [-0.3, -0.25) is 0 Å². The SMILES string of the molecule is CCNC(=NCc1cn2cc(Br)ccc2n1)NCCCOC1CCOC1. The van der Waals surface area contributed by atoms with Gasteiger partial charge in [-0.1, -0.05) is 0 Å². The summed E-state index contributed by atoms with van der Waals surface area (Å²) in [6.45, 7) is 6.51. The van der Waals surface area contributed by atoms with Gasteiger partial charge in [0.2, 0.25) is 0 Å². The standard InChI is InChI=1S/C18H26BrN5O2/c1-2-20-18(21-7-3-8-26-16-6-9-25-13-16)22-10-15-12-24-11-14(19)4-5-17(24)23-15/h4-5,11-12,16H,2-3,6-10,13H2,1H3,(H2,20,21,22). The summed E-state index contributed by atoms with van der Waals surface area (Å²) in [5.41, 5.74) is 1.86. The zero-order valence-corrected chi connectivity index (χ0v) is 16.7. The van der Waals surface area contributed by atoms with Gasteiger partial charge >= 0.3 is 0 Å². The number of aromatic nitrogens is 2. The molecule has 142 valence electrons. The molecule has 0 bridgehead atoms. The van der Waals surface area contributed by atoms with Crippen molar-refractivity contribution in [2.24, 2.45) is 4.99 Å². The van der Waals surface area contributed by atoms with Crippen LogP contribution >= 0.6 is 15.9 Å². The number of pyridine rings is 1. The predicted octanol–water partition coefficient (Wildman–Crippen LogP) is 2.35. The van der Waals surface area contributed by atoms with Crippen LogP contribution in [0.4, 0.5) is 0 Å². The molecule has 2 N–H and O–H groups in total. The molecule has 1 saturated heterocycles. The summed E-state index contributed by atoms with van der Waals surface area (Å²) in [7, 11) is 0. The van der Waals surface area contributed by atoms with E-state index in [4.69, 9.17) is 9.47 Å². The Kier molecular flexibility index (Phi) is 7.28. The third-order valence-corrected chi connectivity index (χ3v) is 4.53. The van der Waals surface area contributed by atoms with E-state index in [-0.39, 0.29) is 6.10 Å². The van der Waals surface area contributed by atoms with Crippen LogP contribution in [0.15, 0.2) is 34.0 Å². The number of guanidine groups is 1. The van der Waals surface area contributed by atoms with E-state index in [1.807, 2.05) is 28.9 Å². The van der Waals surface area contributed by atoms with Gasteiger partial charge in [0.05, 0.1) is 24.9 Å². The van der Waals surface area contributed by atoms with E-state index < -0.39 is 0 Å². The molecular weight excluding hydrogens is 398 g/mol. The highest BCUT2D eigenvalue weighted by atomic mass is 79.9. The monoisotopic (exact) mass is 423 g/mol. The van der Waals surface area contributed by atoms with Crippen LogP contribution in [0.5, 0.6) is 0 Å². The molecule has 1 unspecified atom stereocenters. The van der Waals surface area contributed by atoms with E-state index in [2.05, 4.69) is 43.5 Å². The number of fused-ring (bicyclic) bond motifs is 1. The van der Waals surface area contributed by atoms with Gasteiger partial charge < -0.3 is 24.5 Å². The fourth-order valence-electron chi connectivity index (χ4n) is 2.77. The minimum absolute atomic E-state index is 0.270. The van der Waals surface area contributed by atoms with Gasteiger partial charge in [-0.05, 0) is 47.8 Å². The molecule has 1 aliphatic rings. The first-order chi connectivity index (χ1) is 12.7. The molecule has 2 aromatic rings. The van der Waals surface area contributed by atoms with Crippen molar-refractivity contribution in [3.63, 3.8) is 0 Å². The van der Waals surface area contributed by atoms with E-state index in [0.717, 1.165) is 67.5 Å². The number of hydrogen-bond donors (Lipinski definition) is 2. The molecule has 1 aliphatic heterocycles. The number of ether oxygens (including phenoxy) is 2. The smallest absolute Gasteiger partial charge is 0.191 e. The lowest BCUT2D eigenvalue weighted by molar-refractivity contribution is 0.0420. The highest BCUT2D eigenvalue weighted by Gasteiger charge is 2.15. The average Bonchev–Trinajstić information content (AvgIpc) is 3.28. The van der Waals surface area contributed by atoms with Gasteiger partial charge in [-0.2, -0.15) is 0 Å². The maximum Gasteiger partial charge on any atom is 0.191 e. The average molecular weight is 424 g/mol. The minimum Gasteiger partial charge on any atom is -0.379 e. The number of rotatable bonds is 8. The first-order valence-corrected chi connectivity index (χ1v) is 9.88. The van der Waals surface area contributed by atoms with E-state index in [9.17, 15) is 0 Å². The van der Waals surface area contributed by atoms with Gasteiger partial charge in [0.1, 0.15) is 5.65 Å². The van der Waals surface area contributed by atoms with E-state index >= 15 is 0 Å². The number of nitrogens with one attached hydrogen (secondary N) is 2. The van der Waals surface area contributed by atoms with Gasteiger partial charge in [0.25, 0.3) is 0 Å². The number of nitrogens with zero attached hydrogens (tertiary/aromatic N) is 3. The summed E-state index contributed by atoms with van der Waals surface area (Å²) in [6.07, 6.45) is 6.21. The number of aliphatic imine (C=N–C) groups is 1. The maximum atomic E-state index is 5.78. The van der Waals surface area contributed by atoms with Crippen LogP contribution in [-0.2, 0) is 16.0 Å². The van der Waals surface area contributed by atoms with Crippen LogP contribution in [-0.4, -0.2) is 54.4 Å². The Morgan fingerprint density at radius 2 is 2.35 bits per heavy atom. The zero-order chi connectivity index (χ0) is 18.2. The summed E-state index contributed by atoms with van der Waals surface area (Å²) < 4.78 is 14.1. The molecule has 26 heavy (non-hydrogen) atoms. The Hall–Kier alpha value is -1.64. The van der Waals surface area contributed by atoms with Crippen molar-refractivity contribution in [3.8, 4) is 0 Å². The van der Waals surface area contributed by atoms with Crippen LogP contribution in [0, 0.1) is 0 Å². The lowest BCUT2D eigenvalue weighted by Gasteiger charge is -2.12. The Bertz CT molecular complexity index is 727. The Morgan fingerprint density at radius 3 is 3.15 bits per heavy atom. The van der Waals surface area contributed by atoms with Crippen molar-refractivity contribution in [3.05, 3.63) is 34.7 Å². The molecule has 1 fully saturated rings. The third kappa shape index (κ3) is 5.69. The highest BCUT2D eigenvalue weighted by molar-refractivity contribution is 9.10. The lowest BCUT2D eigenvalue weighted by Crippen LogP contribution is -2.38. The fraction of sp³-hybridized carbons (Fsp3) is 0.556. The molecule has 0 aromatic carbocycles. The molecule has 8 heteroatoms. The Morgan fingerprint density at radius 1 is 1.42 bits per heavy atom. The molecule has 0 aliphatic carbocycles. The van der Waals surface area contributed by atoms with Crippen LogP contribution < -0.4 is 10.6 Å². The molecule has 2 aromatic heterocycles. The van der Waals surface area contributed by atoms with Gasteiger partial charge in [-0.15, -0.1) is 0 Å². The van der Waals surface area contributed by atoms with Gasteiger partial charge in [0, 0.05) is 43.2 Å². The van der Waals surface area contributed by atoms with Crippen molar-refractivity contribution >= 4 is 27.5 Å². The summed E-state index contributed by atoms with van der Waals surface area (Å²) in [5.74, 6) is 0.801. The first kappa shape index (κ1) is 19.1. The highest BCUT2D eigenvalue weighted by Crippen LogP contribution is 2.13. The number of imidazole rings is 1. The van der Waals surface area contributed by atoms with E-state index in [1.54, 1.807) is 0 Å². The van der Waals surface area contributed by atoms with Gasteiger partial charge in [-0.25, -0.2) is 9.98 Å². The predicted molar refractivity (Wildman–Crippen MR) is 106 cm³/mol. The van der Waals surface area contributed by atoms with Crippen LogP contribution in [0.25, 0.3) is 5.65 Å². The third-order valence-electron chi connectivity index (χ3n) is 4.06. The molecular formula is C18H26BrN5O2. The number of halogens is 1. The molecule has 7 nitrogen and oxygen atoms in total. The first-order valence-electron chi connectivity index (χ1n) is 9.09. The van der Waals surface area contributed by atoms with Crippen molar-refractivity contribution in [1.29, 1.82) is 0 Å². The Balaban J connectivity index is 1.46. The normalized spacial score (nSPS) is 17.8. The van der Waals surface area contributed by atoms with Crippen LogP contribution in [0.2, 0.25) is 0 Å². The molecule has 3 heterocycles. The van der Waals surface area contributed by atoms with Gasteiger partial charge in [0.15, 0.2) is 5.96 Å². The summed E-state index contributed by atoms with van der Waals surface area (Å²) in [5, 5.41) is 6.61. The molecule has 0 saturated carbocycles. The maximum absolute atomic E-state index is 5.78. The summed E-state index contributed by atoms with van der Waals surface area (Å²) in [6, 6.07) is 3.97. The van der Waals surface area contributed by atoms with Crippen LogP contribution in [0.1, 0.15) is 25.5 Å². The Labute approximate surface area is 162 Å². The molecule has 0 amide bonds.